The second-order valence-electron chi connectivity index (χ2n) is 5.95. The predicted molar refractivity (Wildman–Crippen MR) is 109 cm³/mol. The van der Waals surface area contributed by atoms with Crippen LogP contribution in [-0.4, -0.2) is 24.0 Å². The number of hydrogen-bond acceptors (Lipinski definition) is 7. The Morgan fingerprint density at radius 2 is 1.48 bits per heavy atom. The van der Waals surface area contributed by atoms with Gasteiger partial charge in [0, 0.05) is 24.4 Å². The van der Waals surface area contributed by atoms with Gasteiger partial charge in [0.2, 0.25) is 0 Å². The molecular weight excluding hydrogens is 372 g/mol. The Balaban J connectivity index is 1.45. The van der Waals surface area contributed by atoms with Gasteiger partial charge in [0.25, 0.3) is 5.69 Å². The van der Waals surface area contributed by atoms with Crippen molar-refractivity contribution in [3.8, 4) is 0 Å². The number of non-ortho nitro benzene ring substituents is 1. The molecule has 0 aromatic heterocycles. The van der Waals surface area contributed by atoms with Gasteiger partial charge in [-0.2, -0.15) is 10.2 Å². The van der Waals surface area contributed by atoms with Gasteiger partial charge in [0.15, 0.2) is 0 Å². The number of hydrogen-bond donors (Lipinski definition) is 1. The number of benzene rings is 3. The fourth-order valence-corrected chi connectivity index (χ4v) is 2.40. The first-order valence-corrected chi connectivity index (χ1v) is 8.84. The van der Waals surface area contributed by atoms with E-state index in [0.717, 1.165) is 5.69 Å². The minimum absolute atomic E-state index is 0.00817. The second-order valence-corrected chi connectivity index (χ2v) is 5.95. The number of nitro groups is 1. The second kappa shape index (κ2) is 9.75. The molecule has 3 rings (SSSR count). The third kappa shape index (κ3) is 5.96. The number of ether oxygens (including phenoxy) is 1. The molecule has 0 aliphatic heterocycles. The maximum absolute atomic E-state index is 11.8. The average molecular weight is 390 g/mol. The number of nitro benzene ring substituents is 1. The molecule has 0 saturated carbocycles. The van der Waals surface area contributed by atoms with Gasteiger partial charge in [-0.25, -0.2) is 4.79 Å². The van der Waals surface area contributed by atoms with Gasteiger partial charge < -0.3 is 10.1 Å². The van der Waals surface area contributed by atoms with Crippen molar-refractivity contribution >= 4 is 28.7 Å². The molecule has 146 valence electrons. The van der Waals surface area contributed by atoms with Gasteiger partial charge in [-0.3, -0.25) is 10.1 Å². The van der Waals surface area contributed by atoms with Gasteiger partial charge >= 0.3 is 5.97 Å². The molecule has 0 atom stereocenters. The summed E-state index contributed by atoms with van der Waals surface area (Å²) in [6.07, 6.45) is 0. The van der Waals surface area contributed by atoms with Gasteiger partial charge in [-0.05, 0) is 48.5 Å². The third-order valence-corrected chi connectivity index (χ3v) is 3.88. The van der Waals surface area contributed by atoms with Crippen LogP contribution in [0, 0.1) is 10.1 Å². The van der Waals surface area contributed by atoms with Crippen LogP contribution >= 0.6 is 0 Å². The minimum atomic E-state index is -0.463. The lowest BCUT2D eigenvalue weighted by molar-refractivity contribution is -0.384. The van der Waals surface area contributed by atoms with Crippen molar-refractivity contribution in [1.29, 1.82) is 0 Å². The fraction of sp³-hybridized carbons (Fsp3) is 0.0952. The topological polar surface area (TPSA) is 106 Å². The van der Waals surface area contributed by atoms with Crippen molar-refractivity contribution in [2.45, 2.75) is 0 Å². The maximum Gasteiger partial charge on any atom is 0.338 e. The van der Waals surface area contributed by atoms with Crippen LogP contribution in [0.1, 0.15) is 10.4 Å². The average Bonchev–Trinajstić information content (AvgIpc) is 2.77. The van der Waals surface area contributed by atoms with Gasteiger partial charge in [-0.1, -0.05) is 18.2 Å². The molecule has 0 saturated heterocycles. The molecule has 3 aromatic carbocycles. The largest absolute Gasteiger partial charge is 0.460 e. The SMILES string of the molecule is O=C(OCCNc1ccc(N=Nc2ccc([N+](=O)[O-])cc2)cc1)c1ccccc1. The van der Waals surface area contributed by atoms with E-state index < -0.39 is 4.92 Å². The standard InChI is InChI=1S/C21H18N4O4/c26-21(16-4-2-1-3-5-16)29-15-14-22-17-6-8-18(9-7-17)23-24-19-10-12-20(13-11-19)25(27)28/h1-13,22H,14-15H2. The lowest BCUT2D eigenvalue weighted by atomic mass is 10.2. The number of nitrogens with one attached hydrogen (secondary N) is 1. The summed E-state index contributed by atoms with van der Waals surface area (Å²) in [6.45, 7) is 0.720. The summed E-state index contributed by atoms with van der Waals surface area (Å²) in [4.78, 5) is 22.0. The molecule has 0 spiro atoms. The molecule has 0 aliphatic rings. The first kappa shape index (κ1) is 19.7. The van der Waals surface area contributed by atoms with E-state index in [1.165, 1.54) is 24.3 Å². The molecular formula is C21H18N4O4. The van der Waals surface area contributed by atoms with Gasteiger partial charge in [0.1, 0.15) is 6.61 Å². The zero-order valence-corrected chi connectivity index (χ0v) is 15.4. The zero-order valence-electron chi connectivity index (χ0n) is 15.4. The number of carbonyl (C=O) groups excluding carboxylic acids is 1. The number of esters is 1. The Bertz CT molecular complexity index is 987. The highest BCUT2D eigenvalue weighted by Crippen LogP contribution is 2.22. The molecule has 0 bridgehead atoms. The van der Waals surface area contributed by atoms with Crippen LogP contribution in [0.2, 0.25) is 0 Å². The predicted octanol–water partition coefficient (Wildman–Crippen LogP) is 5.28. The minimum Gasteiger partial charge on any atom is -0.460 e. The Morgan fingerprint density at radius 3 is 2.07 bits per heavy atom. The summed E-state index contributed by atoms with van der Waals surface area (Å²) in [5, 5.41) is 22.0. The third-order valence-electron chi connectivity index (χ3n) is 3.88. The van der Waals surface area contributed by atoms with Crippen LogP contribution in [-0.2, 0) is 4.74 Å². The number of anilines is 1. The van der Waals surface area contributed by atoms with Crippen LogP contribution in [0.15, 0.2) is 89.1 Å². The summed E-state index contributed by atoms with van der Waals surface area (Å²) >= 11 is 0. The van der Waals surface area contributed by atoms with E-state index in [9.17, 15) is 14.9 Å². The van der Waals surface area contributed by atoms with Gasteiger partial charge in [0.05, 0.1) is 21.9 Å². The summed E-state index contributed by atoms with van der Waals surface area (Å²) in [7, 11) is 0. The molecule has 0 amide bonds. The molecule has 0 fully saturated rings. The number of rotatable bonds is 8. The Labute approximate surface area is 167 Å². The lowest BCUT2D eigenvalue weighted by Gasteiger charge is -2.07. The maximum atomic E-state index is 11.8. The van der Waals surface area contributed by atoms with Crippen molar-refractivity contribution in [2.24, 2.45) is 10.2 Å². The van der Waals surface area contributed by atoms with E-state index in [4.69, 9.17) is 4.74 Å². The van der Waals surface area contributed by atoms with E-state index >= 15 is 0 Å². The highest BCUT2D eigenvalue weighted by Gasteiger charge is 2.05. The van der Waals surface area contributed by atoms with Crippen LogP contribution in [0.25, 0.3) is 0 Å². The molecule has 1 N–H and O–H groups in total. The molecule has 0 aliphatic carbocycles. The summed E-state index contributed by atoms with van der Waals surface area (Å²) < 4.78 is 5.21. The van der Waals surface area contributed by atoms with Crippen LogP contribution in [0.3, 0.4) is 0 Å². The monoisotopic (exact) mass is 390 g/mol. The van der Waals surface area contributed by atoms with Crippen molar-refractivity contribution in [3.63, 3.8) is 0 Å². The Kier molecular flexibility index (Phi) is 6.62. The van der Waals surface area contributed by atoms with Crippen LogP contribution < -0.4 is 5.32 Å². The molecule has 8 heteroatoms. The highest BCUT2D eigenvalue weighted by molar-refractivity contribution is 5.89. The smallest absolute Gasteiger partial charge is 0.338 e. The van der Waals surface area contributed by atoms with E-state index in [2.05, 4.69) is 15.5 Å². The van der Waals surface area contributed by atoms with Gasteiger partial charge in [-0.15, -0.1) is 0 Å². The first-order valence-electron chi connectivity index (χ1n) is 8.84. The Morgan fingerprint density at radius 1 is 0.897 bits per heavy atom. The summed E-state index contributed by atoms with van der Waals surface area (Å²) in [6, 6.07) is 21.9. The van der Waals surface area contributed by atoms with Crippen molar-refractivity contribution < 1.29 is 14.5 Å². The lowest BCUT2D eigenvalue weighted by Crippen LogP contribution is -2.13. The zero-order chi connectivity index (χ0) is 20.5. The molecule has 0 heterocycles. The first-order chi connectivity index (χ1) is 14.1. The van der Waals surface area contributed by atoms with Crippen LogP contribution in [0.5, 0.6) is 0 Å². The quantitative estimate of drug-likeness (QED) is 0.185. The normalized spacial score (nSPS) is 10.6. The molecule has 3 aromatic rings. The van der Waals surface area contributed by atoms with E-state index in [0.29, 0.717) is 23.5 Å². The van der Waals surface area contributed by atoms with Crippen molar-refractivity contribution in [1.82, 2.24) is 0 Å². The highest BCUT2D eigenvalue weighted by atomic mass is 16.6. The summed E-state index contributed by atoms with van der Waals surface area (Å²) in [5.41, 5.74) is 2.56. The molecule has 29 heavy (non-hydrogen) atoms. The fourth-order valence-electron chi connectivity index (χ4n) is 2.40. The molecule has 0 unspecified atom stereocenters. The number of nitrogens with zero attached hydrogens (tertiary/aromatic N) is 3. The number of azo groups is 1. The summed E-state index contributed by atoms with van der Waals surface area (Å²) in [5.74, 6) is -0.352. The molecule has 0 radical (unpaired) electrons. The van der Waals surface area contributed by atoms with Crippen molar-refractivity contribution in [2.75, 3.05) is 18.5 Å². The van der Waals surface area contributed by atoms with E-state index in [-0.39, 0.29) is 18.3 Å². The number of carbonyl (C=O) groups is 1. The Hall–Kier alpha value is -4.07. The molecule has 8 nitrogen and oxygen atoms in total. The van der Waals surface area contributed by atoms with Crippen LogP contribution in [0.4, 0.5) is 22.7 Å². The van der Waals surface area contributed by atoms with E-state index in [1.807, 2.05) is 18.2 Å². The van der Waals surface area contributed by atoms with Crippen molar-refractivity contribution in [3.05, 3.63) is 94.5 Å². The van der Waals surface area contributed by atoms with E-state index in [1.54, 1.807) is 36.4 Å².